The van der Waals surface area contributed by atoms with Gasteiger partial charge in [-0.25, -0.2) is 0 Å². The molecule has 0 N–H and O–H groups in total. The second-order valence-electron chi connectivity index (χ2n) is 1.50. The quantitative estimate of drug-likeness (QED) is 0.443. The molecular formula is C4H12ScSi. The summed E-state index contributed by atoms with van der Waals surface area (Å²) in [5.41, 5.74) is 0. The molecule has 0 amide bonds. The summed E-state index contributed by atoms with van der Waals surface area (Å²) in [5.74, 6) is 0. The molecule has 0 saturated heterocycles. The van der Waals surface area contributed by atoms with Gasteiger partial charge < -0.3 is 0 Å². The Hall–Kier alpha value is 1.09. The molecule has 1 radical (unpaired) electrons. The van der Waals surface area contributed by atoms with E-state index in [0.717, 1.165) is 0 Å². The van der Waals surface area contributed by atoms with Gasteiger partial charge in [0.15, 0.2) is 0 Å². The second kappa shape index (κ2) is 9.43. The van der Waals surface area contributed by atoms with Crippen molar-refractivity contribution in [2.24, 2.45) is 0 Å². The predicted molar refractivity (Wildman–Crippen MR) is 29.2 cm³/mol. The van der Waals surface area contributed by atoms with Crippen molar-refractivity contribution < 1.29 is 24.4 Å². The fourth-order valence-electron chi connectivity index (χ4n) is 0. The van der Waals surface area contributed by atoms with E-state index < -0.39 is 0 Å². The van der Waals surface area contributed by atoms with Crippen LogP contribution in [0.3, 0.4) is 0 Å². The molecule has 0 saturated carbocycles. The number of hydrogen-bond donors (Lipinski definition) is 0. The van der Waals surface area contributed by atoms with Crippen LogP contribution in [0.2, 0.25) is 24.3 Å². The van der Waals surface area contributed by atoms with Crippen LogP contribution in [0.4, 0.5) is 0 Å². The molecule has 0 spiro atoms. The van der Waals surface area contributed by atoms with Crippen molar-refractivity contribution in [3.63, 3.8) is 0 Å². The first-order valence-corrected chi connectivity index (χ1v) is 6.88. The van der Waals surface area contributed by atoms with Crippen molar-refractivity contribution >= 4 is 8.80 Å². The van der Waals surface area contributed by atoms with Crippen LogP contribution >= 0.6 is 0 Å². The fourth-order valence-corrected chi connectivity index (χ4v) is 0. The summed E-state index contributed by atoms with van der Waals surface area (Å²) < 4.78 is 2.06. The molecule has 2 heteroatoms. The van der Waals surface area contributed by atoms with Crippen LogP contribution in [0.25, 0.3) is 0 Å². The van der Waals surface area contributed by atoms with Gasteiger partial charge in [-0.05, 0) is 0 Å². The first-order valence-electron chi connectivity index (χ1n) is 2.08. The third kappa shape index (κ3) is 71.9. The molecule has 0 atom stereocenters. The van der Waals surface area contributed by atoms with Crippen LogP contribution < -0.4 is 0 Å². The minimum atomic E-state index is 0.120. The molecule has 0 rings (SSSR count). The van der Waals surface area contributed by atoms with Crippen LogP contribution in [0, 0.1) is 0 Å². The second-order valence-corrected chi connectivity index (χ2v) is 4.50. The van der Waals surface area contributed by atoms with Gasteiger partial charge in [0.25, 0.3) is 0 Å². The Kier molecular flexibility index (Phi) is 15.9. The van der Waals surface area contributed by atoms with Gasteiger partial charge in [0.1, 0.15) is 0 Å². The van der Waals surface area contributed by atoms with Gasteiger partial charge in [0.2, 0.25) is 0 Å². The van der Waals surface area contributed by atoms with Gasteiger partial charge in [-0.1, -0.05) is 19.6 Å². The van der Waals surface area contributed by atoms with Crippen LogP contribution in [0.1, 0.15) is 0 Å². The average molecular weight is 133 g/mol. The van der Waals surface area contributed by atoms with Crippen molar-refractivity contribution in [3.8, 4) is 0 Å². The monoisotopic (exact) mass is 133 g/mol. The third-order valence-corrected chi connectivity index (χ3v) is 0. The summed E-state index contributed by atoms with van der Waals surface area (Å²) in [7, 11) is 0.120. The van der Waals surface area contributed by atoms with E-state index in [-0.39, 0.29) is 8.80 Å². The summed E-state index contributed by atoms with van der Waals surface area (Å²) in [6, 6.07) is 0. The molecule has 0 aromatic carbocycles. The Morgan fingerprint density at radius 3 is 1.00 bits per heavy atom. The van der Waals surface area contributed by atoms with Gasteiger partial charge in [-0.15, -0.1) is 0 Å². The van der Waals surface area contributed by atoms with Crippen LogP contribution in [-0.2, 0) is 24.4 Å². The topological polar surface area (TPSA) is 0 Å². The summed E-state index contributed by atoms with van der Waals surface area (Å²) in [6.07, 6.45) is 0. The van der Waals surface area contributed by atoms with Gasteiger partial charge in [-0.2, -0.15) is 0 Å². The zero-order valence-corrected chi connectivity index (χ0v) is 7.88. The average Bonchev–Trinajstić information content (AvgIpc) is 1.41. The zero-order chi connectivity index (χ0) is 5.58. The number of hydrogen-bond acceptors (Lipinski definition) is 0. The standard InChI is InChI=1S/C3H9Si.CH3.Sc/c1-4(2)3;;/h1-3H3;1H3;. The molecule has 0 bridgehead atoms. The van der Waals surface area contributed by atoms with E-state index in [9.17, 15) is 0 Å². The molecule has 0 aliphatic carbocycles. The van der Waals surface area contributed by atoms with E-state index >= 15 is 0 Å². The maximum atomic E-state index is 2.27. The van der Waals surface area contributed by atoms with E-state index in [1.807, 2.05) is 0 Å². The summed E-state index contributed by atoms with van der Waals surface area (Å²) >= 11 is 1.69. The van der Waals surface area contributed by atoms with E-state index in [1.165, 1.54) is 0 Å². The van der Waals surface area contributed by atoms with Crippen molar-refractivity contribution in [3.05, 3.63) is 0 Å². The van der Waals surface area contributed by atoms with E-state index in [1.54, 1.807) is 24.4 Å². The Balaban J connectivity index is 0. The molecule has 35 valence electrons. The first kappa shape index (κ1) is 10.1. The Labute approximate surface area is 57.5 Å². The molecule has 0 heterocycles. The molecule has 6 heavy (non-hydrogen) atoms. The fraction of sp³-hybridized carbons (Fsp3) is 1.00. The summed E-state index contributed by atoms with van der Waals surface area (Å²) in [4.78, 5) is 0. The van der Waals surface area contributed by atoms with E-state index in [2.05, 4.69) is 24.3 Å². The van der Waals surface area contributed by atoms with Gasteiger partial charge in [-0.3, -0.25) is 0 Å². The molecule has 0 aliphatic rings. The van der Waals surface area contributed by atoms with Gasteiger partial charge in [0, 0.05) is 8.80 Å². The molecule has 0 fully saturated rings. The zero-order valence-electron chi connectivity index (χ0n) is 5.08. The van der Waals surface area contributed by atoms with E-state index in [0.29, 0.717) is 0 Å². The van der Waals surface area contributed by atoms with Crippen molar-refractivity contribution in [2.45, 2.75) is 24.3 Å². The SMILES string of the molecule is C[Si](C)C.[CH3][Sc]. The summed E-state index contributed by atoms with van der Waals surface area (Å²) in [5, 5.41) is 0. The molecule has 0 aromatic heterocycles. The molecule has 0 aliphatic heterocycles. The van der Waals surface area contributed by atoms with Crippen LogP contribution in [-0.4, -0.2) is 8.80 Å². The molecular weight excluding hydrogens is 121 g/mol. The molecule has 0 unspecified atom stereocenters. The van der Waals surface area contributed by atoms with Crippen LogP contribution in [0.15, 0.2) is 0 Å². The molecule has 0 aromatic rings. The Morgan fingerprint density at radius 2 is 1.00 bits per heavy atom. The third-order valence-electron chi connectivity index (χ3n) is 0. The van der Waals surface area contributed by atoms with Gasteiger partial charge in [0.05, 0.1) is 0 Å². The van der Waals surface area contributed by atoms with Crippen molar-refractivity contribution in [1.29, 1.82) is 0 Å². The minimum absolute atomic E-state index is 0.120. The van der Waals surface area contributed by atoms with E-state index in [4.69, 9.17) is 0 Å². The normalized spacial score (nSPS) is 6.67. The van der Waals surface area contributed by atoms with Crippen LogP contribution in [0.5, 0.6) is 0 Å². The predicted octanol–water partition coefficient (Wildman–Crippen LogP) is 1.95. The number of rotatable bonds is 0. The van der Waals surface area contributed by atoms with Gasteiger partial charge >= 0.3 is 29.1 Å². The summed E-state index contributed by atoms with van der Waals surface area (Å²) in [6.45, 7) is 6.81. The first-order chi connectivity index (χ1) is 2.73. The van der Waals surface area contributed by atoms with Crippen molar-refractivity contribution in [2.75, 3.05) is 0 Å². The maximum absolute atomic E-state index is 2.27. The Morgan fingerprint density at radius 1 is 1.00 bits per heavy atom. The Bertz CT molecular complexity index is 12.3. The van der Waals surface area contributed by atoms with Crippen molar-refractivity contribution in [1.82, 2.24) is 0 Å². The molecule has 0 nitrogen and oxygen atoms in total.